The van der Waals surface area contributed by atoms with Gasteiger partial charge in [0.15, 0.2) is 0 Å². The molecule has 0 atom stereocenters. The summed E-state index contributed by atoms with van der Waals surface area (Å²) in [6, 6.07) is 2.23. The molecule has 2 aromatic heterocycles. The average Bonchev–Trinajstić information content (AvgIpc) is 2.78. The summed E-state index contributed by atoms with van der Waals surface area (Å²) < 4.78 is 43.9. The molecular formula is C13H11F3N2O2. The number of aromatic nitrogens is 2. The van der Waals surface area contributed by atoms with E-state index in [-0.39, 0.29) is 6.61 Å². The van der Waals surface area contributed by atoms with Crippen LogP contribution in [0.2, 0.25) is 0 Å². The third-order valence-electron chi connectivity index (χ3n) is 2.54. The van der Waals surface area contributed by atoms with E-state index < -0.39 is 17.7 Å². The van der Waals surface area contributed by atoms with Crippen molar-refractivity contribution in [1.82, 2.24) is 9.38 Å². The van der Waals surface area contributed by atoms with Gasteiger partial charge in [-0.25, -0.2) is 9.78 Å². The lowest BCUT2D eigenvalue weighted by molar-refractivity contribution is -0.138. The normalized spacial score (nSPS) is 12.2. The number of nitrogens with zero attached hydrogens (tertiary/aromatic N) is 2. The van der Waals surface area contributed by atoms with E-state index in [1.54, 1.807) is 6.92 Å². The monoisotopic (exact) mass is 284 g/mol. The smallest absolute Gasteiger partial charge is 0.417 e. The number of rotatable bonds is 3. The van der Waals surface area contributed by atoms with Crippen LogP contribution in [0, 0.1) is 0 Å². The van der Waals surface area contributed by atoms with Crippen molar-refractivity contribution >= 4 is 17.7 Å². The highest BCUT2D eigenvalue weighted by atomic mass is 19.4. The number of fused-ring (bicyclic) bond motifs is 1. The van der Waals surface area contributed by atoms with Gasteiger partial charge in [-0.1, -0.05) is 0 Å². The second-order valence-electron chi connectivity index (χ2n) is 3.91. The number of ether oxygens (including phenoxy) is 1. The third-order valence-corrected chi connectivity index (χ3v) is 2.54. The number of hydrogen-bond donors (Lipinski definition) is 0. The van der Waals surface area contributed by atoms with Gasteiger partial charge in [0.2, 0.25) is 0 Å². The molecule has 0 saturated heterocycles. The van der Waals surface area contributed by atoms with Crippen LogP contribution in [-0.4, -0.2) is 22.0 Å². The first kappa shape index (κ1) is 14.1. The van der Waals surface area contributed by atoms with Crippen LogP contribution < -0.4 is 0 Å². The van der Waals surface area contributed by atoms with Crippen LogP contribution >= 0.6 is 0 Å². The third kappa shape index (κ3) is 2.98. The Kier molecular flexibility index (Phi) is 3.78. The van der Waals surface area contributed by atoms with Gasteiger partial charge in [0, 0.05) is 12.3 Å². The molecule has 4 nitrogen and oxygen atoms in total. The van der Waals surface area contributed by atoms with Gasteiger partial charge in [0.1, 0.15) is 5.65 Å². The number of halogens is 3. The molecular weight excluding hydrogens is 273 g/mol. The van der Waals surface area contributed by atoms with Crippen LogP contribution in [0.4, 0.5) is 13.2 Å². The molecule has 106 valence electrons. The number of carbonyl (C=O) groups excluding carboxylic acids is 1. The highest BCUT2D eigenvalue weighted by Crippen LogP contribution is 2.29. The molecule has 0 N–H and O–H groups in total. The van der Waals surface area contributed by atoms with Gasteiger partial charge in [0.05, 0.1) is 24.1 Å². The Morgan fingerprint density at radius 2 is 2.20 bits per heavy atom. The van der Waals surface area contributed by atoms with Crippen molar-refractivity contribution in [2.45, 2.75) is 13.1 Å². The molecule has 0 spiro atoms. The highest BCUT2D eigenvalue weighted by Gasteiger charge is 2.30. The minimum absolute atomic E-state index is 0.231. The fourth-order valence-corrected chi connectivity index (χ4v) is 1.63. The van der Waals surface area contributed by atoms with Gasteiger partial charge < -0.3 is 4.74 Å². The van der Waals surface area contributed by atoms with Crippen LogP contribution in [0.1, 0.15) is 18.2 Å². The summed E-state index contributed by atoms with van der Waals surface area (Å²) in [4.78, 5) is 15.1. The van der Waals surface area contributed by atoms with Crippen LogP contribution in [0.15, 0.2) is 30.6 Å². The van der Waals surface area contributed by atoms with E-state index in [2.05, 4.69) is 4.98 Å². The lowest BCUT2D eigenvalue weighted by Crippen LogP contribution is -2.06. The molecule has 0 radical (unpaired) electrons. The van der Waals surface area contributed by atoms with Crippen molar-refractivity contribution in [3.63, 3.8) is 0 Å². The summed E-state index contributed by atoms with van der Waals surface area (Å²) in [5.41, 5.74) is -0.0607. The molecule has 7 heteroatoms. The average molecular weight is 284 g/mol. The Balaban J connectivity index is 2.37. The van der Waals surface area contributed by atoms with Gasteiger partial charge in [-0.05, 0) is 25.1 Å². The molecule has 0 aromatic carbocycles. The summed E-state index contributed by atoms with van der Waals surface area (Å²) in [6.07, 6.45) is 0.393. The fraction of sp³-hybridized carbons (Fsp3) is 0.231. The minimum atomic E-state index is -4.43. The molecule has 0 unspecified atom stereocenters. The highest BCUT2D eigenvalue weighted by molar-refractivity contribution is 5.86. The summed E-state index contributed by atoms with van der Waals surface area (Å²) in [5, 5.41) is 0. The zero-order valence-electron chi connectivity index (χ0n) is 10.5. The van der Waals surface area contributed by atoms with Crippen LogP contribution in [0.3, 0.4) is 0 Å². The molecule has 2 rings (SSSR count). The van der Waals surface area contributed by atoms with E-state index >= 15 is 0 Å². The quantitative estimate of drug-likeness (QED) is 0.643. The lowest BCUT2D eigenvalue weighted by Gasteiger charge is -2.07. The zero-order chi connectivity index (χ0) is 14.8. The van der Waals surface area contributed by atoms with E-state index in [4.69, 9.17) is 4.74 Å². The van der Waals surface area contributed by atoms with E-state index in [9.17, 15) is 18.0 Å². The van der Waals surface area contributed by atoms with Crippen LogP contribution in [0.25, 0.3) is 11.7 Å². The van der Waals surface area contributed by atoms with Crippen molar-refractivity contribution < 1.29 is 22.7 Å². The second kappa shape index (κ2) is 5.36. The van der Waals surface area contributed by atoms with Crippen molar-refractivity contribution in [2.24, 2.45) is 0 Å². The van der Waals surface area contributed by atoms with Gasteiger partial charge in [-0.3, -0.25) is 4.40 Å². The summed E-state index contributed by atoms with van der Waals surface area (Å²) >= 11 is 0. The van der Waals surface area contributed by atoms with E-state index in [0.717, 1.165) is 18.3 Å². The second-order valence-corrected chi connectivity index (χ2v) is 3.91. The molecule has 2 aromatic rings. The molecule has 2 heterocycles. The van der Waals surface area contributed by atoms with E-state index in [1.165, 1.54) is 22.7 Å². The molecule has 0 amide bonds. The zero-order valence-corrected chi connectivity index (χ0v) is 10.5. The number of pyridine rings is 1. The number of hydrogen-bond acceptors (Lipinski definition) is 3. The summed E-state index contributed by atoms with van der Waals surface area (Å²) in [5.74, 6) is -0.561. The maximum atomic E-state index is 12.6. The molecule has 0 aliphatic rings. The lowest BCUT2D eigenvalue weighted by atomic mass is 10.2. The molecule has 20 heavy (non-hydrogen) atoms. The molecule has 0 fully saturated rings. The topological polar surface area (TPSA) is 43.6 Å². The molecule has 0 saturated carbocycles. The maximum absolute atomic E-state index is 12.6. The predicted octanol–water partition coefficient (Wildman–Crippen LogP) is 2.93. The number of imidazole rings is 1. The van der Waals surface area contributed by atoms with Crippen LogP contribution in [0.5, 0.6) is 0 Å². The van der Waals surface area contributed by atoms with E-state index in [0.29, 0.717) is 11.3 Å². The van der Waals surface area contributed by atoms with Crippen molar-refractivity contribution in [3.05, 3.63) is 41.9 Å². The Hall–Kier alpha value is -2.31. The predicted molar refractivity (Wildman–Crippen MR) is 65.9 cm³/mol. The fourth-order valence-electron chi connectivity index (χ4n) is 1.63. The van der Waals surface area contributed by atoms with Gasteiger partial charge in [0.25, 0.3) is 0 Å². The van der Waals surface area contributed by atoms with Gasteiger partial charge in [-0.2, -0.15) is 13.2 Å². The summed E-state index contributed by atoms with van der Waals surface area (Å²) in [7, 11) is 0. The molecule has 0 bridgehead atoms. The van der Waals surface area contributed by atoms with Crippen molar-refractivity contribution in [2.75, 3.05) is 6.61 Å². The first-order valence-electron chi connectivity index (χ1n) is 5.81. The Morgan fingerprint density at radius 3 is 2.85 bits per heavy atom. The number of esters is 1. The molecule has 0 aliphatic carbocycles. The largest absolute Gasteiger partial charge is 0.463 e. The Bertz CT molecular complexity index is 659. The van der Waals surface area contributed by atoms with Crippen molar-refractivity contribution in [3.8, 4) is 0 Å². The van der Waals surface area contributed by atoms with Crippen molar-refractivity contribution in [1.29, 1.82) is 0 Å². The van der Waals surface area contributed by atoms with Gasteiger partial charge >= 0.3 is 12.1 Å². The number of alkyl halides is 3. The summed E-state index contributed by atoms with van der Waals surface area (Å²) in [6.45, 7) is 1.89. The maximum Gasteiger partial charge on any atom is 0.417 e. The first-order chi connectivity index (χ1) is 9.41. The minimum Gasteiger partial charge on any atom is -0.463 e. The SMILES string of the molecule is CCOC(=O)C=Cc1cnc2ccc(C(F)(F)F)cn12. The number of carbonyl (C=O) groups is 1. The van der Waals surface area contributed by atoms with E-state index in [1.807, 2.05) is 0 Å². The first-order valence-corrected chi connectivity index (χ1v) is 5.81. The standard InChI is InChI=1S/C13H11F3N2O2/c1-2-20-12(19)6-4-10-7-17-11-5-3-9(8-18(10)11)13(14,15)16/h3-8H,2H2,1H3. The Labute approximate surface area is 112 Å². The van der Waals surface area contributed by atoms with Crippen LogP contribution in [-0.2, 0) is 15.7 Å². The Morgan fingerprint density at radius 1 is 1.45 bits per heavy atom. The van der Waals surface area contributed by atoms with Gasteiger partial charge in [-0.15, -0.1) is 0 Å². The molecule has 0 aliphatic heterocycles.